The molecule has 0 spiro atoms. The van der Waals surface area contributed by atoms with Crippen molar-refractivity contribution >= 4 is 17.5 Å². The average Bonchev–Trinajstić information content (AvgIpc) is 2.76. The first-order valence-corrected chi connectivity index (χ1v) is 6.02. The van der Waals surface area contributed by atoms with E-state index in [9.17, 15) is 9.90 Å². The Bertz CT molecular complexity index is 436. The van der Waals surface area contributed by atoms with E-state index in [0.717, 1.165) is 6.42 Å². The number of likely N-dealkylation sites (tertiary alicyclic amines) is 1. The molecule has 0 radical (unpaired) electrons. The van der Waals surface area contributed by atoms with Gasteiger partial charge in [-0.1, -0.05) is 0 Å². The van der Waals surface area contributed by atoms with Gasteiger partial charge in [-0.2, -0.15) is 0 Å². The molecule has 4 nitrogen and oxygen atoms in total. The molecule has 1 aliphatic rings. The first-order chi connectivity index (χ1) is 8.11. The van der Waals surface area contributed by atoms with Gasteiger partial charge in [-0.15, -0.1) is 11.6 Å². The smallest absolute Gasteiger partial charge is 0.257 e. The van der Waals surface area contributed by atoms with Crippen molar-refractivity contribution in [3.8, 4) is 11.5 Å². The molecule has 1 saturated heterocycles. The molecule has 2 N–H and O–H groups in total. The van der Waals surface area contributed by atoms with E-state index in [1.807, 2.05) is 0 Å². The molecular weight excluding hydrogens is 242 g/mol. The molecule has 0 aromatic heterocycles. The van der Waals surface area contributed by atoms with E-state index >= 15 is 0 Å². The lowest BCUT2D eigenvalue weighted by Crippen LogP contribution is -2.28. The van der Waals surface area contributed by atoms with Crippen LogP contribution in [0.1, 0.15) is 16.8 Å². The maximum absolute atomic E-state index is 12.1. The third-order valence-corrected chi connectivity index (χ3v) is 3.44. The van der Waals surface area contributed by atoms with Crippen LogP contribution in [0.2, 0.25) is 0 Å². The van der Waals surface area contributed by atoms with Crippen LogP contribution in [0.4, 0.5) is 0 Å². The third kappa shape index (κ3) is 2.47. The molecule has 92 valence electrons. The molecule has 1 aliphatic heterocycles. The molecule has 1 aromatic rings. The Morgan fingerprint density at radius 3 is 2.82 bits per heavy atom. The first-order valence-electron chi connectivity index (χ1n) is 5.49. The number of carbonyl (C=O) groups excluding carboxylic acids is 1. The Morgan fingerprint density at radius 1 is 1.47 bits per heavy atom. The number of alkyl halides is 1. The van der Waals surface area contributed by atoms with Crippen molar-refractivity contribution in [2.45, 2.75) is 6.42 Å². The quantitative estimate of drug-likeness (QED) is 0.793. The van der Waals surface area contributed by atoms with Crippen LogP contribution in [-0.2, 0) is 0 Å². The number of halogens is 1. The lowest BCUT2D eigenvalue weighted by molar-refractivity contribution is 0.0785. The second-order valence-corrected chi connectivity index (χ2v) is 4.57. The highest BCUT2D eigenvalue weighted by molar-refractivity contribution is 6.18. The lowest BCUT2D eigenvalue weighted by Gasteiger charge is -2.16. The van der Waals surface area contributed by atoms with Crippen molar-refractivity contribution in [1.29, 1.82) is 0 Å². The highest BCUT2D eigenvalue weighted by atomic mass is 35.5. The fraction of sp³-hybridized carbons (Fsp3) is 0.417. The number of hydrogen-bond donors (Lipinski definition) is 2. The van der Waals surface area contributed by atoms with Crippen molar-refractivity contribution in [2.24, 2.45) is 5.92 Å². The Labute approximate surface area is 104 Å². The molecule has 1 fully saturated rings. The minimum absolute atomic E-state index is 0.0564. The van der Waals surface area contributed by atoms with E-state index in [1.54, 1.807) is 4.90 Å². The zero-order chi connectivity index (χ0) is 12.4. The third-order valence-electron chi connectivity index (χ3n) is 3.00. The molecule has 0 bridgehead atoms. The van der Waals surface area contributed by atoms with Gasteiger partial charge < -0.3 is 15.1 Å². The first kappa shape index (κ1) is 12.0. The number of phenolic OH excluding ortho intramolecular Hbond substituents is 2. The van der Waals surface area contributed by atoms with Crippen molar-refractivity contribution in [3.05, 3.63) is 23.8 Å². The summed E-state index contributed by atoms with van der Waals surface area (Å²) in [7, 11) is 0. The van der Waals surface area contributed by atoms with Crippen molar-refractivity contribution in [2.75, 3.05) is 19.0 Å². The van der Waals surface area contributed by atoms with Crippen LogP contribution in [0.3, 0.4) is 0 Å². The van der Waals surface area contributed by atoms with E-state index in [1.165, 1.54) is 18.2 Å². The van der Waals surface area contributed by atoms with Crippen LogP contribution in [0, 0.1) is 5.92 Å². The average molecular weight is 256 g/mol. The van der Waals surface area contributed by atoms with Gasteiger partial charge in [-0.25, -0.2) is 0 Å². The second kappa shape index (κ2) is 4.84. The fourth-order valence-electron chi connectivity index (χ4n) is 2.01. The van der Waals surface area contributed by atoms with Gasteiger partial charge in [0, 0.05) is 25.0 Å². The highest BCUT2D eigenvalue weighted by Gasteiger charge is 2.27. The van der Waals surface area contributed by atoms with Crippen LogP contribution in [-0.4, -0.2) is 40.0 Å². The molecule has 1 aromatic carbocycles. The minimum Gasteiger partial charge on any atom is -0.508 e. The molecular formula is C12H14ClNO3. The number of nitrogens with zero attached hydrogens (tertiary/aromatic N) is 1. The number of hydrogen-bond acceptors (Lipinski definition) is 3. The number of rotatable bonds is 2. The standard InChI is InChI=1S/C12H14ClNO3/c13-6-8-3-4-14(7-8)12(17)10-2-1-9(15)5-11(10)16/h1-2,5,8,15-16H,3-4,6-7H2. The molecule has 0 aliphatic carbocycles. The van der Waals surface area contributed by atoms with E-state index in [-0.39, 0.29) is 23.0 Å². The molecule has 1 atom stereocenters. The van der Waals surface area contributed by atoms with Crippen LogP contribution >= 0.6 is 11.6 Å². The maximum Gasteiger partial charge on any atom is 0.257 e. The fourth-order valence-corrected chi connectivity index (χ4v) is 2.27. The summed E-state index contributed by atoms with van der Waals surface area (Å²) in [6.07, 6.45) is 0.897. The van der Waals surface area contributed by atoms with Crippen LogP contribution in [0.5, 0.6) is 11.5 Å². The van der Waals surface area contributed by atoms with Crippen LogP contribution in [0.15, 0.2) is 18.2 Å². The minimum atomic E-state index is -0.213. The number of aromatic hydroxyl groups is 2. The van der Waals surface area contributed by atoms with Gasteiger partial charge >= 0.3 is 0 Å². The summed E-state index contributed by atoms with van der Waals surface area (Å²) in [6, 6.07) is 3.99. The van der Waals surface area contributed by atoms with E-state index in [2.05, 4.69) is 0 Å². The zero-order valence-corrected chi connectivity index (χ0v) is 10.0. The Kier molecular flexibility index (Phi) is 3.43. The summed E-state index contributed by atoms with van der Waals surface area (Å²) in [4.78, 5) is 13.8. The zero-order valence-electron chi connectivity index (χ0n) is 9.27. The van der Waals surface area contributed by atoms with Crippen molar-refractivity contribution in [3.63, 3.8) is 0 Å². The Morgan fingerprint density at radius 2 is 2.24 bits per heavy atom. The van der Waals surface area contributed by atoms with Gasteiger partial charge in [0.05, 0.1) is 5.56 Å². The van der Waals surface area contributed by atoms with Crippen molar-refractivity contribution < 1.29 is 15.0 Å². The summed E-state index contributed by atoms with van der Waals surface area (Å²) < 4.78 is 0. The predicted octanol–water partition coefficient (Wildman–Crippen LogP) is 1.80. The van der Waals surface area contributed by atoms with E-state index in [4.69, 9.17) is 16.7 Å². The normalized spacial score (nSPS) is 19.6. The number of phenols is 2. The largest absolute Gasteiger partial charge is 0.508 e. The summed E-state index contributed by atoms with van der Waals surface area (Å²) in [5, 5.41) is 18.8. The van der Waals surface area contributed by atoms with Gasteiger partial charge in [0.2, 0.25) is 0 Å². The monoisotopic (exact) mass is 255 g/mol. The van der Waals surface area contributed by atoms with Gasteiger partial charge in [0.25, 0.3) is 5.91 Å². The second-order valence-electron chi connectivity index (χ2n) is 4.26. The van der Waals surface area contributed by atoms with Gasteiger partial charge in [-0.3, -0.25) is 4.79 Å². The molecule has 17 heavy (non-hydrogen) atoms. The molecule has 1 amide bonds. The summed E-state index contributed by atoms with van der Waals surface area (Å²) in [6.45, 7) is 1.29. The molecule has 0 saturated carbocycles. The van der Waals surface area contributed by atoms with Crippen molar-refractivity contribution in [1.82, 2.24) is 4.90 Å². The number of amides is 1. The van der Waals surface area contributed by atoms with Gasteiger partial charge in [0.1, 0.15) is 11.5 Å². The summed E-state index contributed by atoms with van der Waals surface area (Å²) in [5.74, 6) is 0.421. The van der Waals surface area contributed by atoms with Gasteiger partial charge in [-0.05, 0) is 24.5 Å². The van der Waals surface area contributed by atoms with Gasteiger partial charge in [0.15, 0.2) is 0 Å². The number of carbonyl (C=O) groups is 1. The lowest BCUT2D eigenvalue weighted by atomic mass is 10.1. The molecule has 5 heteroatoms. The maximum atomic E-state index is 12.1. The molecule has 2 rings (SSSR count). The Balaban J connectivity index is 2.15. The van der Waals surface area contributed by atoms with E-state index in [0.29, 0.717) is 24.9 Å². The van der Waals surface area contributed by atoms with Crippen LogP contribution < -0.4 is 0 Å². The SMILES string of the molecule is O=C(c1ccc(O)cc1O)N1CCC(CCl)C1. The predicted molar refractivity (Wildman–Crippen MR) is 64.5 cm³/mol. The highest BCUT2D eigenvalue weighted by Crippen LogP contribution is 2.26. The van der Waals surface area contributed by atoms with E-state index < -0.39 is 0 Å². The summed E-state index contributed by atoms with van der Waals surface area (Å²) >= 11 is 5.76. The van der Waals surface area contributed by atoms with Crippen LogP contribution in [0.25, 0.3) is 0 Å². The molecule has 1 heterocycles. The Hall–Kier alpha value is -1.42. The molecule has 1 unspecified atom stereocenters. The topological polar surface area (TPSA) is 60.8 Å². The summed E-state index contributed by atoms with van der Waals surface area (Å²) in [5.41, 5.74) is 0.220. The number of benzene rings is 1.